The van der Waals surface area contributed by atoms with E-state index in [4.69, 9.17) is 13.9 Å². The van der Waals surface area contributed by atoms with Crippen molar-refractivity contribution >= 4 is 47.3 Å². The second-order valence-electron chi connectivity index (χ2n) is 23.4. The predicted molar refractivity (Wildman–Crippen MR) is 293 cm³/mol. The van der Waals surface area contributed by atoms with Crippen LogP contribution in [0, 0.1) is 22.5 Å². The fraction of sp³-hybridized carbons (Fsp3) is 0.458. The van der Waals surface area contributed by atoms with Crippen molar-refractivity contribution in [3.8, 4) is 11.5 Å². The summed E-state index contributed by atoms with van der Waals surface area (Å²) in [5.41, 5.74) is 0.412. The second-order valence-corrected chi connectivity index (χ2v) is 23.4. The lowest BCUT2D eigenvalue weighted by atomic mass is 9.72. The fourth-order valence-corrected chi connectivity index (χ4v) is 10.3. The first-order chi connectivity index (χ1) is 39.2. The van der Waals surface area contributed by atoms with E-state index in [1.54, 1.807) is 79.5 Å². The molecular formula is C59H67F6N9O9. The van der Waals surface area contributed by atoms with Crippen LogP contribution < -0.4 is 15.1 Å². The standard InChI is InChI=1S/C30H35F3N4O5.C29H32F3N5O4/c1-29(2,3)42-28(41)36-18-30(19-36)11-13-35(14-12-30)27(40)37(22-7-5-4-6-8-22)17-21-10-9-20(15-23(21)31)24(38)16-34-26(39)25(32)33;1-28(2,3)41-27(39)36-17-29(18-36)11-13-35(14-12-29)26(38)37(21-7-5-4-6-8-21)16-20-10-9-19(15-22(20)30)24-33-34-25(40-24)23(31)32/h4-10,15,25H,11-14,16-19H2,1-3H3,(H,34,39);4-10,15,23H,11-14,16-18H2,1-3H3. The molecule has 4 aromatic carbocycles. The van der Waals surface area contributed by atoms with E-state index in [1.807, 2.05) is 47.6 Å². The monoisotopic (exact) mass is 1160 g/mol. The highest BCUT2D eigenvalue weighted by atomic mass is 19.3. The average Bonchev–Trinajstić information content (AvgIpc) is 2.66. The van der Waals surface area contributed by atoms with Gasteiger partial charge in [-0.25, -0.2) is 28.0 Å². The summed E-state index contributed by atoms with van der Waals surface area (Å²) in [4.78, 5) is 85.4. The molecule has 0 radical (unpaired) electrons. The van der Waals surface area contributed by atoms with Gasteiger partial charge in [-0.05, 0) is 110 Å². The highest BCUT2D eigenvalue weighted by Crippen LogP contribution is 2.43. The van der Waals surface area contributed by atoms with Crippen LogP contribution in [0.25, 0.3) is 11.5 Å². The Morgan fingerprint density at radius 3 is 1.42 bits per heavy atom. The van der Waals surface area contributed by atoms with Crippen molar-refractivity contribution in [1.29, 1.82) is 0 Å². The third-order valence-corrected chi connectivity index (χ3v) is 14.8. The van der Waals surface area contributed by atoms with Gasteiger partial charge in [-0.2, -0.15) is 17.6 Å². The van der Waals surface area contributed by atoms with E-state index in [2.05, 4.69) is 10.2 Å². The summed E-state index contributed by atoms with van der Waals surface area (Å²) in [5, 5.41) is 8.65. The summed E-state index contributed by atoms with van der Waals surface area (Å²) in [7, 11) is 0. The quantitative estimate of drug-likeness (QED) is 0.0923. The molecule has 24 heteroatoms. The Kier molecular flexibility index (Phi) is 18.4. The molecule has 444 valence electrons. The van der Waals surface area contributed by atoms with Crippen LogP contribution >= 0.6 is 0 Å². The zero-order valence-electron chi connectivity index (χ0n) is 47.0. The third kappa shape index (κ3) is 15.3. The van der Waals surface area contributed by atoms with Crippen molar-refractivity contribution in [2.24, 2.45) is 10.8 Å². The highest BCUT2D eigenvalue weighted by molar-refractivity contribution is 5.99. The summed E-state index contributed by atoms with van der Waals surface area (Å²) >= 11 is 0. The number of carbonyl (C=O) groups is 6. The maximum atomic E-state index is 15.2. The lowest BCUT2D eigenvalue weighted by molar-refractivity contribution is -0.131. The summed E-state index contributed by atoms with van der Waals surface area (Å²) in [6.07, 6.45) is -3.92. The molecule has 5 heterocycles. The van der Waals surface area contributed by atoms with Gasteiger partial charge in [0.05, 0.1) is 19.6 Å². The maximum Gasteiger partial charge on any atom is 0.410 e. The number of ether oxygens (including phenoxy) is 2. The second kappa shape index (κ2) is 25.1. The van der Waals surface area contributed by atoms with E-state index in [0.29, 0.717) is 76.6 Å². The number of halogens is 6. The highest BCUT2D eigenvalue weighted by Gasteiger charge is 2.50. The first-order valence-electron chi connectivity index (χ1n) is 27.2. The summed E-state index contributed by atoms with van der Waals surface area (Å²) in [5.74, 6) is -4.75. The van der Waals surface area contributed by atoms with Crippen molar-refractivity contribution in [2.75, 3.05) is 68.7 Å². The molecule has 4 aliphatic rings. The number of para-hydroxylation sites is 2. The van der Waals surface area contributed by atoms with Gasteiger partial charge in [0.25, 0.3) is 11.8 Å². The number of hydrogen-bond donors (Lipinski definition) is 1. The molecule has 1 N–H and O–H groups in total. The number of aromatic nitrogens is 2. The molecule has 1 aromatic heterocycles. The molecular weight excluding hydrogens is 1090 g/mol. The molecule has 83 heavy (non-hydrogen) atoms. The van der Waals surface area contributed by atoms with Gasteiger partial charge in [0.15, 0.2) is 5.78 Å². The number of nitrogens with zero attached hydrogens (tertiary/aromatic N) is 8. The average molecular weight is 1160 g/mol. The van der Waals surface area contributed by atoms with Crippen LogP contribution in [0.4, 0.5) is 56.9 Å². The third-order valence-electron chi connectivity index (χ3n) is 14.8. The zero-order chi connectivity index (χ0) is 60.0. The van der Waals surface area contributed by atoms with Crippen LogP contribution in [-0.2, 0) is 27.4 Å². The largest absolute Gasteiger partial charge is 0.444 e. The van der Waals surface area contributed by atoms with Gasteiger partial charge in [0.2, 0.25) is 5.89 Å². The van der Waals surface area contributed by atoms with Gasteiger partial charge in [0.1, 0.15) is 22.8 Å². The number of Topliss-reactive ketones (excluding diaryl/α,β-unsaturated/α-hetero) is 1. The van der Waals surface area contributed by atoms with Gasteiger partial charge < -0.3 is 38.8 Å². The van der Waals surface area contributed by atoms with Gasteiger partial charge in [-0.3, -0.25) is 19.4 Å². The summed E-state index contributed by atoms with van der Waals surface area (Å²) < 4.78 is 96.6. The Bertz CT molecular complexity index is 3130. The van der Waals surface area contributed by atoms with Crippen LogP contribution in [0.1, 0.15) is 101 Å². The zero-order valence-corrected chi connectivity index (χ0v) is 47.0. The molecule has 5 aromatic rings. The van der Waals surface area contributed by atoms with Crippen LogP contribution in [-0.4, -0.2) is 142 Å². The minimum atomic E-state index is -3.26. The number of hydrogen-bond acceptors (Lipinski definition) is 11. The van der Waals surface area contributed by atoms with Crippen LogP contribution in [0.2, 0.25) is 0 Å². The normalized spacial score (nSPS) is 16.4. The number of nitrogens with one attached hydrogen (secondary N) is 1. The summed E-state index contributed by atoms with van der Waals surface area (Å²) in [6.45, 7) is 14.5. The van der Waals surface area contributed by atoms with Crippen LogP contribution in [0.5, 0.6) is 0 Å². The van der Waals surface area contributed by atoms with Gasteiger partial charge >= 0.3 is 37.1 Å². The molecule has 18 nitrogen and oxygen atoms in total. The number of alkyl halides is 4. The Labute approximate surface area is 476 Å². The number of amides is 7. The van der Waals surface area contributed by atoms with E-state index in [9.17, 15) is 46.3 Å². The molecule has 7 amide bonds. The van der Waals surface area contributed by atoms with Crippen molar-refractivity contribution in [3.05, 3.63) is 131 Å². The SMILES string of the molecule is CC(C)(C)OC(=O)N1CC2(CCN(C(=O)N(Cc3ccc(-c4nnc(C(F)F)o4)cc3F)c3ccccc3)CC2)C1.CC(C)(C)OC(=O)N1CC2(CCN(C(=O)N(Cc3ccc(C(=O)CNC(=O)C(F)F)cc3F)c3ccccc3)CC2)C1. The Balaban J connectivity index is 0.000000217. The van der Waals surface area contributed by atoms with Gasteiger partial charge in [-0.15, -0.1) is 10.2 Å². The molecule has 4 saturated heterocycles. The first kappa shape index (κ1) is 60.9. The molecule has 4 fully saturated rings. The van der Waals surface area contributed by atoms with E-state index in [0.717, 1.165) is 25.0 Å². The fourth-order valence-electron chi connectivity index (χ4n) is 10.3. The summed E-state index contributed by atoms with van der Waals surface area (Å²) in [6, 6.07) is 25.1. The maximum absolute atomic E-state index is 15.2. The number of ketones is 1. The van der Waals surface area contributed by atoms with Crippen LogP contribution in [0.3, 0.4) is 0 Å². The van der Waals surface area contributed by atoms with E-state index >= 15 is 8.78 Å². The molecule has 2 spiro atoms. The van der Waals surface area contributed by atoms with E-state index in [1.165, 1.54) is 34.1 Å². The Morgan fingerprint density at radius 1 is 0.602 bits per heavy atom. The molecule has 0 aliphatic carbocycles. The van der Waals surface area contributed by atoms with Crippen LogP contribution in [0.15, 0.2) is 101 Å². The minimum Gasteiger partial charge on any atom is -0.444 e. The lowest BCUT2D eigenvalue weighted by Crippen LogP contribution is -2.63. The molecule has 0 unspecified atom stereocenters. The molecule has 0 bridgehead atoms. The molecule has 0 atom stereocenters. The number of rotatable bonds is 12. The molecule has 9 rings (SSSR count). The van der Waals surface area contributed by atoms with Crippen molar-refractivity contribution in [2.45, 2.75) is 104 Å². The number of carbonyl (C=O) groups excluding carboxylic acids is 6. The topological polar surface area (TPSA) is 191 Å². The number of likely N-dealkylation sites (tertiary alicyclic amines) is 4. The smallest absolute Gasteiger partial charge is 0.410 e. The van der Waals surface area contributed by atoms with Gasteiger partial charge in [0, 0.05) is 96.8 Å². The first-order valence-corrected chi connectivity index (χ1v) is 27.2. The number of anilines is 2. The van der Waals surface area contributed by atoms with Crippen molar-refractivity contribution in [1.82, 2.24) is 35.1 Å². The Morgan fingerprint density at radius 2 is 1.04 bits per heavy atom. The van der Waals surface area contributed by atoms with E-state index < -0.39 is 59.8 Å². The lowest BCUT2D eigenvalue weighted by Gasteiger charge is -2.53. The number of urea groups is 2. The van der Waals surface area contributed by atoms with Crippen molar-refractivity contribution in [3.63, 3.8) is 0 Å². The van der Waals surface area contributed by atoms with Gasteiger partial charge in [-0.1, -0.05) is 54.6 Å². The Hall–Kier alpha value is -8.18. The number of piperidine rings is 2. The molecule has 4 aliphatic heterocycles. The molecule has 0 saturated carbocycles. The van der Waals surface area contributed by atoms with E-state index in [-0.39, 0.29) is 76.3 Å². The predicted octanol–water partition coefficient (Wildman–Crippen LogP) is 11.1. The minimum absolute atomic E-state index is 0.0356. The van der Waals surface area contributed by atoms with Crippen molar-refractivity contribution < 1.29 is 69.0 Å². The number of benzene rings is 4.